The second kappa shape index (κ2) is 8.70. The molecule has 2 aliphatic rings. The molecule has 1 unspecified atom stereocenters. The van der Waals surface area contributed by atoms with Crippen molar-refractivity contribution in [2.45, 2.75) is 50.6 Å². The van der Waals surface area contributed by atoms with Gasteiger partial charge >= 0.3 is 0 Å². The summed E-state index contributed by atoms with van der Waals surface area (Å²) in [6, 6.07) is 12.1. The smallest absolute Gasteiger partial charge is 0.184 e. The van der Waals surface area contributed by atoms with Crippen molar-refractivity contribution in [3.8, 4) is 5.69 Å². The van der Waals surface area contributed by atoms with Crippen LogP contribution >= 0.6 is 11.3 Å². The van der Waals surface area contributed by atoms with Crippen LogP contribution in [0.15, 0.2) is 42.5 Å². The van der Waals surface area contributed by atoms with Gasteiger partial charge in [0.1, 0.15) is 35.9 Å². The number of aryl methyl sites for hydroxylation is 2. The Hall–Kier alpha value is -2.80. The first kappa shape index (κ1) is 22.7. The fourth-order valence-electron chi connectivity index (χ4n) is 4.68. The molecule has 182 valence electrons. The van der Waals surface area contributed by atoms with Crippen molar-refractivity contribution in [1.29, 1.82) is 0 Å². The third kappa shape index (κ3) is 3.84. The van der Waals surface area contributed by atoms with Crippen LogP contribution < -0.4 is 5.73 Å². The number of benzene rings is 2. The van der Waals surface area contributed by atoms with Crippen LogP contribution in [-0.4, -0.2) is 55.8 Å². The summed E-state index contributed by atoms with van der Waals surface area (Å²) in [4.78, 5) is 8.82. The van der Waals surface area contributed by atoms with Gasteiger partial charge in [-0.25, -0.2) is 19.0 Å². The van der Waals surface area contributed by atoms with Crippen LogP contribution in [0.1, 0.15) is 34.6 Å². The quantitative estimate of drug-likeness (QED) is 0.444. The van der Waals surface area contributed by atoms with Gasteiger partial charge in [0.05, 0.1) is 27.9 Å². The van der Waals surface area contributed by atoms with E-state index in [1.165, 1.54) is 16.0 Å². The van der Waals surface area contributed by atoms with Gasteiger partial charge in [-0.15, -0.1) is 11.3 Å². The number of aliphatic hydroxyl groups excluding tert-OH is 1. The van der Waals surface area contributed by atoms with Crippen LogP contribution in [0.5, 0.6) is 0 Å². The fraction of sp³-hybridized carbons (Fsp3) is 0.375. The first-order chi connectivity index (χ1) is 16.9. The molecule has 0 bridgehead atoms. The number of hydrogen-bond donors (Lipinski definition) is 2. The Bertz CT molecular complexity index is 1380. The number of hydrogen-bond acceptors (Lipinski definition) is 9. The molecule has 2 aliphatic heterocycles. The number of thiazole rings is 1. The highest BCUT2D eigenvalue weighted by Gasteiger charge is 2.49. The van der Waals surface area contributed by atoms with Gasteiger partial charge in [0.25, 0.3) is 0 Å². The predicted molar refractivity (Wildman–Crippen MR) is 126 cm³/mol. The molecule has 2 fully saturated rings. The predicted octanol–water partition coefficient (Wildman–Crippen LogP) is 2.88. The average molecular weight is 498 g/mol. The Morgan fingerprint density at radius 3 is 2.71 bits per heavy atom. The number of rotatable bonds is 3. The highest BCUT2D eigenvalue weighted by Crippen LogP contribution is 2.39. The standard InChI is InChI=1S/C24H24FN5O4S/c1-11-27-23(30(29-11)15-9-8-14-22(17(15)25)35-12(2)28-14)21-19(31)18(26)20-16(33-21)10-32-24(34-20)13-6-4-3-5-7-13/h3-9,16,18-21,24,31H,10,26H2,1-2H3/t16-,18-,19-,20+,21-,24?/m1/s1. The Morgan fingerprint density at radius 1 is 1.11 bits per heavy atom. The minimum absolute atomic E-state index is 0.198. The highest BCUT2D eigenvalue weighted by molar-refractivity contribution is 7.18. The van der Waals surface area contributed by atoms with Crippen LogP contribution in [0.3, 0.4) is 0 Å². The van der Waals surface area contributed by atoms with E-state index in [1.807, 2.05) is 37.3 Å². The van der Waals surface area contributed by atoms with Gasteiger partial charge in [-0.05, 0) is 26.0 Å². The second-order valence-electron chi connectivity index (χ2n) is 8.75. The van der Waals surface area contributed by atoms with Crippen molar-refractivity contribution < 1.29 is 23.7 Å². The molecule has 9 nitrogen and oxygen atoms in total. The molecule has 2 saturated heterocycles. The zero-order chi connectivity index (χ0) is 24.3. The summed E-state index contributed by atoms with van der Waals surface area (Å²) in [6.07, 6.45) is -3.85. The molecule has 0 radical (unpaired) electrons. The monoisotopic (exact) mass is 497 g/mol. The van der Waals surface area contributed by atoms with E-state index in [0.717, 1.165) is 10.6 Å². The zero-order valence-electron chi connectivity index (χ0n) is 19.0. The van der Waals surface area contributed by atoms with Crippen LogP contribution in [0.4, 0.5) is 4.39 Å². The van der Waals surface area contributed by atoms with Gasteiger partial charge in [-0.2, -0.15) is 5.10 Å². The van der Waals surface area contributed by atoms with Crippen LogP contribution in [-0.2, 0) is 14.2 Å². The molecule has 0 spiro atoms. The molecule has 35 heavy (non-hydrogen) atoms. The van der Waals surface area contributed by atoms with E-state index >= 15 is 4.39 Å². The van der Waals surface area contributed by atoms with Crippen molar-refractivity contribution in [1.82, 2.24) is 19.7 Å². The van der Waals surface area contributed by atoms with Gasteiger partial charge in [-0.3, -0.25) is 0 Å². The second-order valence-corrected chi connectivity index (χ2v) is 9.95. The van der Waals surface area contributed by atoms with Crippen molar-refractivity contribution in [3.63, 3.8) is 0 Å². The molecule has 0 aliphatic carbocycles. The maximum atomic E-state index is 15.5. The highest BCUT2D eigenvalue weighted by atomic mass is 32.1. The molecular formula is C24H24FN5O4S. The lowest BCUT2D eigenvalue weighted by molar-refractivity contribution is -0.309. The molecule has 2 aromatic carbocycles. The topological polar surface area (TPSA) is 118 Å². The zero-order valence-corrected chi connectivity index (χ0v) is 19.9. The summed E-state index contributed by atoms with van der Waals surface area (Å²) in [5.41, 5.74) is 8.09. The molecule has 4 aromatic rings. The van der Waals surface area contributed by atoms with Gasteiger partial charge < -0.3 is 25.1 Å². The lowest BCUT2D eigenvalue weighted by Crippen LogP contribution is -2.62. The fourth-order valence-corrected chi connectivity index (χ4v) is 5.53. The number of nitrogens with zero attached hydrogens (tertiary/aromatic N) is 4. The van der Waals surface area contributed by atoms with Crippen LogP contribution in [0, 0.1) is 19.7 Å². The molecule has 11 heteroatoms. The Morgan fingerprint density at radius 2 is 1.91 bits per heavy atom. The SMILES string of the molecule is Cc1nc([C@@H]2O[C@@H]3COC(c4ccccc4)O[C@@H]3[C@H](N)[C@H]2O)n(-c2ccc3nc(C)sc3c2F)n1. The van der Waals surface area contributed by atoms with E-state index in [-0.39, 0.29) is 18.1 Å². The van der Waals surface area contributed by atoms with E-state index in [0.29, 0.717) is 16.0 Å². The number of halogens is 1. The molecular weight excluding hydrogens is 473 g/mol. The molecule has 4 heterocycles. The van der Waals surface area contributed by atoms with Crippen molar-refractivity contribution in [2.24, 2.45) is 5.73 Å². The first-order valence-electron chi connectivity index (χ1n) is 11.3. The molecule has 6 atom stereocenters. The normalized spacial score (nSPS) is 28.8. The minimum atomic E-state index is -1.16. The van der Waals surface area contributed by atoms with Gasteiger partial charge in [0.15, 0.2) is 17.9 Å². The lowest BCUT2D eigenvalue weighted by Gasteiger charge is -2.46. The van der Waals surface area contributed by atoms with Crippen molar-refractivity contribution in [2.75, 3.05) is 6.61 Å². The van der Waals surface area contributed by atoms with Crippen LogP contribution in [0.2, 0.25) is 0 Å². The van der Waals surface area contributed by atoms with E-state index in [4.69, 9.17) is 19.9 Å². The van der Waals surface area contributed by atoms with E-state index in [1.54, 1.807) is 19.1 Å². The van der Waals surface area contributed by atoms with Crippen LogP contribution in [0.25, 0.3) is 15.9 Å². The lowest BCUT2D eigenvalue weighted by atomic mass is 9.92. The van der Waals surface area contributed by atoms with E-state index < -0.39 is 42.6 Å². The number of ether oxygens (including phenoxy) is 3. The average Bonchev–Trinajstić information content (AvgIpc) is 3.44. The molecule has 2 aromatic heterocycles. The Labute approximate surface area is 204 Å². The van der Waals surface area contributed by atoms with Gasteiger partial charge in [0, 0.05) is 5.56 Å². The summed E-state index contributed by atoms with van der Waals surface area (Å²) < 4.78 is 35.5. The summed E-state index contributed by atoms with van der Waals surface area (Å²) in [6.45, 7) is 3.74. The third-order valence-electron chi connectivity index (χ3n) is 6.34. The Balaban J connectivity index is 1.32. The molecule has 0 amide bonds. The number of aliphatic hydroxyl groups is 1. The maximum Gasteiger partial charge on any atom is 0.184 e. The molecule has 0 saturated carbocycles. The third-order valence-corrected chi connectivity index (χ3v) is 7.32. The number of aromatic nitrogens is 4. The van der Waals surface area contributed by atoms with Crippen molar-refractivity contribution >= 4 is 21.6 Å². The summed E-state index contributed by atoms with van der Waals surface area (Å²) in [5.74, 6) is 0.210. The Kier molecular flexibility index (Phi) is 5.63. The van der Waals surface area contributed by atoms with Crippen molar-refractivity contribution in [3.05, 3.63) is 70.5 Å². The maximum absolute atomic E-state index is 15.5. The van der Waals surface area contributed by atoms with Gasteiger partial charge in [-0.1, -0.05) is 30.3 Å². The summed E-state index contributed by atoms with van der Waals surface area (Å²) in [5, 5.41) is 16.3. The first-order valence-corrected chi connectivity index (χ1v) is 12.1. The van der Waals surface area contributed by atoms with E-state index in [2.05, 4.69) is 15.1 Å². The number of fused-ring (bicyclic) bond motifs is 2. The molecule has 3 N–H and O–H groups in total. The number of nitrogens with two attached hydrogens (primary N) is 1. The van der Waals surface area contributed by atoms with E-state index in [9.17, 15) is 5.11 Å². The summed E-state index contributed by atoms with van der Waals surface area (Å²) >= 11 is 1.27. The minimum Gasteiger partial charge on any atom is -0.388 e. The largest absolute Gasteiger partial charge is 0.388 e. The summed E-state index contributed by atoms with van der Waals surface area (Å²) in [7, 11) is 0. The molecule has 6 rings (SSSR count). The van der Waals surface area contributed by atoms with Gasteiger partial charge in [0.2, 0.25) is 0 Å².